The van der Waals surface area contributed by atoms with Crippen molar-refractivity contribution in [1.29, 1.82) is 0 Å². The van der Waals surface area contributed by atoms with E-state index in [-0.39, 0.29) is 105 Å². The van der Waals surface area contributed by atoms with Gasteiger partial charge in [0.2, 0.25) is 8.32 Å². The van der Waals surface area contributed by atoms with Crippen LogP contribution in [0.2, 0.25) is 19.6 Å². The van der Waals surface area contributed by atoms with Crippen LogP contribution in [0.25, 0.3) is 0 Å². The van der Waals surface area contributed by atoms with Crippen molar-refractivity contribution in [3.05, 3.63) is 367 Å². The maximum atomic E-state index is 12.8. The molecule has 15 rings (SSSR count). The second-order valence-corrected chi connectivity index (χ2v) is 44.2. The summed E-state index contributed by atoms with van der Waals surface area (Å²) in [5.74, 6) is 1.07. The fourth-order valence-electron chi connectivity index (χ4n) is 16.9. The van der Waals surface area contributed by atoms with Crippen LogP contribution in [0.15, 0.2) is 295 Å². The summed E-state index contributed by atoms with van der Waals surface area (Å²) in [5, 5.41) is 14.1. The first kappa shape index (κ1) is 115. The topological polar surface area (TPSA) is 215 Å². The average molecular weight is 1980 g/mol. The van der Waals surface area contributed by atoms with Gasteiger partial charge in [-0.05, 0) is 252 Å². The molecule has 22 heteroatoms. The Balaban J connectivity index is 0.000000241. The molecule has 0 bridgehead atoms. The average Bonchev–Trinajstić information content (AvgIpc) is 1.41. The number of ketones is 3. The van der Waals surface area contributed by atoms with Crippen LogP contribution in [0.1, 0.15) is 258 Å². The first-order chi connectivity index (χ1) is 65.8. The van der Waals surface area contributed by atoms with Gasteiger partial charge < -0.3 is 59.2 Å². The Labute approximate surface area is 862 Å². The van der Waals surface area contributed by atoms with E-state index in [9.17, 15) is 33.9 Å². The zero-order valence-corrected chi connectivity index (χ0v) is 89.4. The van der Waals surface area contributed by atoms with E-state index in [1.54, 1.807) is 19.2 Å². The smallest absolute Gasteiger partial charge is 1.00 e. The number of hydrogen-bond acceptors (Lipinski definition) is 18. The standard InChI is InChI=1S/C33H41NO4.C33H39NO4.C18H21NO.C15H18O3.C10H9BrO.C8H18O2Si.B.Na.H/c2*1-33(2,32(36)37-3)28-18-16-25(17-19-28)30(35)15-10-22-34-23-20-29(21-24-34)38-31(26-11-6-4-7-12-26)27-13-8-5-9-14-27;1-3-7-15(8-4-1)18(16-9-5-2-6-10-16)20-17-11-13-19-14-12-17;1-15(2,14(17)18-3)12-8-6-11(7-9-12)13(16)10-4-5-10;11-9-5-3-8(4-6-9)10(12)7-1-2-7;1-7(2)8(9-3)10-11(4,5)6;;;/h4-9,11-14,16-19,29-31,35H,10,15,20-24H2,1-3H3;4-9,11-14,16-19,29,31H,10,15,20-24H2,1-3H3;1-10,17-19H,11-14H2;6-10H,4-5H2,1-3H3;3-7H,1-2H2;1-6H3;;;/q;;;;;;;+1;-1. The number of carbonyl (C=O) groups excluding carboxylic acids is 6. The number of benzene rings is 10. The molecule has 0 spiro atoms. The van der Waals surface area contributed by atoms with E-state index in [1.807, 2.05) is 165 Å². The SMILES string of the molecule is COC(=O)C(C)(C)c1ccc(C(=O)C2CC2)cc1.COC(=O)C(C)(C)c1ccc(C(=O)CCCN2CCC(OC(c3ccccc3)c3ccccc3)CC2)cc1.COC(=O)C(C)(C)c1ccc(C(O)CCCN2CCC(OC(c3ccccc3)c3ccccc3)CC2)cc1.COC(O[Si](C)(C)C)=C(C)C.O=C(c1ccc(Br)cc1)C1CC1.[B].[H-].[Na+].c1ccc(C(OC2CCNCC2)c2ccccc2)cc1. The molecule has 139 heavy (non-hydrogen) atoms. The third kappa shape index (κ3) is 36.4. The van der Waals surface area contributed by atoms with Gasteiger partial charge in [0, 0.05) is 79.6 Å². The summed E-state index contributed by atoms with van der Waals surface area (Å²) in [6, 6.07) is 92.8. The number of Topliss-reactive ketones (excluding diaryl/α,β-unsaturated/α-hetero) is 3. The second-order valence-electron chi connectivity index (χ2n) is 38.8. The summed E-state index contributed by atoms with van der Waals surface area (Å²) in [6.07, 6.45) is 13.6. The zero-order valence-electron chi connectivity index (χ0n) is 85.8. The van der Waals surface area contributed by atoms with Crippen LogP contribution in [-0.2, 0) is 68.2 Å². The molecule has 0 aromatic heterocycles. The van der Waals surface area contributed by atoms with E-state index in [4.69, 9.17) is 37.6 Å². The van der Waals surface area contributed by atoms with Gasteiger partial charge in [-0.1, -0.05) is 283 Å². The number of ether oxygens (including phenoxy) is 7. The first-order valence-electron chi connectivity index (χ1n) is 48.7. The van der Waals surface area contributed by atoms with Gasteiger partial charge in [0.1, 0.15) is 18.3 Å². The van der Waals surface area contributed by atoms with Crippen LogP contribution in [0.4, 0.5) is 0 Å². The molecule has 2 N–H and O–H groups in total. The van der Waals surface area contributed by atoms with Crippen molar-refractivity contribution < 1.29 is 102 Å². The Bertz CT molecular complexity index is 5230. The number of aliphatic hydroxyl groups is 1. The van der Waals surface area contributed by atoms with Gasteiger partial charge in [-0.25, -0.2) is 0 Å². The molecule has 1 unspecified atom stereocenters. The van der Waals surface area contributed by atoms with Crippen LogP contribution in [-0.4, -0.2) is 166 Å². The molecule has 2 saturated carbocycles. The second kappa shape index (κ2) is 57.5. The van der Waals surface area contributed by atoms with Crippen molar-refractivity contribution in [2.24, 2.45) is 11.8 Å². The van der Waals surface area contributed by atoms with Crippen molar-refractivity contribution in [3.63, 3.8) is 0 Å². The van der Waals surface area contributed by atoms with Crippen LogP contribution in [0.3, 0.4) is 0 Å². The number of hydrogen-bond donors (Lipinski definition) is 2. The Morgan fingerprint density at radius 2 is 0.683 bits per heavy atom. The minimum atomic E-state index is -1.49. The molecule has 3 saturated heterocycles. The summed E-state index contributed by atoms with van der Waals surface area (Å²) in [5.41, 5.74) is 11.9. The van der Waals surface area contributed by atoms with Crippen molar-refractivity contribution in [1.82, 2.24) is 15.1 Å². The number of rotatable bonds is 35. The normalized spacial score (nSPS) is 15.0. The largest absolute Gasteiger partial charge is 1.00 e. The predicted octanol–water partition coefficient (Wildman–Crippen LogP) is 21.4. The van der Waals surface area contributed by atoms with Gasteiger partial charge in [-0.2, -0.15) is 0 Å². The van der Waals surface area contributed by atoms with Gasteiger partial charge in [0.15, 0.2) is 17.3 Å². The number of methoxy groups -OCH3 is 4. The van der Waals surface area contributed by atoms with Crippen molar-refractivity contribution >= 4 is 67.9 Å². The fraction of sp³-hybridized carbons (Fsp3) is 0.419. The van der Waals surface area contributed by atoms with E-state index in [2.05, 4.69) is 208 Å². The van der Waals surface area contributed by atoms with E-state index >= 15 is 0 Å². The Morgan fingerprint density at radius 3 is 0.964 bits per heavy atom. The molecular formula is C117H147BBrN3NaO15Si. The third-order valence-electron chi connectivity index (χ3n) is 25.7. The minimum Gasteiger partial charge on any atom is -1.00 e. The molecule has 5 aliphatic rings. The summed E-state index contributed by atoms with van der Waals surface area (Å²) in [4.78, 5) is 76.8. The maximum absolute atomic E-state index is 12.8. The summed E-state index contributed by atoms with van der Waals surface area (Å²) < 4.78 is 46.1. The first-order valence-corrected chi connectivity index (χ1v) is 52.9. The summed E-state index contributed by atoms with van der Waals surface area (Å²) >= 11 is 3.34. The van der Waals surface area contributed by atoms with Gasteiger partial charge in [0.05, 0.1) is 69.1 Å². The van der Waals surface area contributed by atoms with Gasteiger partial charge in [-0.3, -0.25) is 28.8 Å². The minimum absolute atomic E-state index is 0. The Kier molecular flexibility index (Phi) is 47.5. The molecular weight excluding hydrogens is 1830 g/mol. The number of esters is 3. The summed E-state index contributed by atoms with van der Waals surface area (Å²) in [6.45, 7) is 29.3. The van der Waals surface area contributed by atoms with Crippen molar-refractivity contribution in [2.45, 2.75) is 224 Å². The molecule has 2 aliphatic carbocycles. The number of halogens is 1. The molecule has 10 aromatic rings. The molecule has 1 atom stereocenters. The van der Waals surface area contributed by atoms with Crippen LogP contribution in [0, 0.1) is 11.8 Å². The Morgan fingerprint density at radius 1 is 0.396 bits per heavy atom. The van der Waals surface area contributed by atoms with Gasteiger partial charge in [0.25, 0.3) is 5.95 Å². The number of allylic oxidation sites excluding steroid dienone is 1. The number of carbonyl (C=O) groups is 6. The molecule has 3 heterocycles. The number of piperidine rings is 3. The van der Waals surface area contributed by atoms with Gasteiger partial charge in [-0.15, -0.1) is 0 Å². The van der Waals surface area contributed by atoms with Crippen molar-refractivity contribution in [2.75, 3.05) is 80.8 Å². The van der Waals surface area contributed by atoms with E-state index < -0.39 is 30.7 Å². The molecule has 0 amide bonds. The summed E-state index contributed by atoms with van der Waals surface area (Å²) in [7, 11) is 4.34. The molecule has 3 aliphatic heterocycles. The van der Waals surface area contributed by atoms with E-state index in [0.29, 0.717) is 42.2 Å². The van der Waals surface area contributed by atoms with E-state index in [1.165, 1.54) is 54.7 Å². The van der Waals surface area contributed by atoms with E-state index in [0.717, 1.165) is 173 Å². The molecule has 10 aromatic carbocycles. The van der Waals surface area contributed by atoms with Crippen LogP contribution < -0.4 is 34.9 Å². The monoisotopic (exact) mass is 1970 g/mol. The zero-order chi connectivity index (χ0) is 98.5. The number of nitrogens with one attached hydrogen (secondary N) is 1. The Hall–Kier alpha value is -9.56. The molecule has 735 valence electrons. The quantitative estimate of drug-likeness (QED) is 0.0124. The maximum Gasteiger partial charge on any atom is 1.00 e. The van der Waals surface area contributed by atoms with Crippen molar-refractivity contribution in [3.8, 4) is 0 Å². The van der Waals surface area contributed by atoms with Gasteiger partial charge >= 0.3 is 47.5 Å². The number of nitrogens with zero attached hydrogens (tertiary/aromatic N) is 2. The molecule has 18 nitrogen and oxygen atoms in total. The predicted molar refractivity (Wildman–Crippen MR) is 559 cm³/mol. The molecule has 5 fully saturated rings. The van der Waals surface area contributed by atoms with Crippen LogP contribution in [0.5, 0.6) is 0 Å². The number of aliphatic hydroxyl groups excluding tert-OH is 1. The third-order valence-corrected chi connectivity index (χ3v) is 27.1. The molecule has 3 radical (unpaired) electrons. The van der Waals surface area contributed by atoms with Crippen LogP contribution >= 0.6 is 15.9 Å². The fourth-order valence-corrected chi connectivity index (χ4v) is 18.0. The number of likely N-dealkylation sites (tertiary alicyclic amines) is 2.